The Hall–Kier alpha value is -4.22. The van der Waals surface area contributed by atoms with Crippen LogP contribution in [-0.2, 0) is 16.1 Å². The summed E-state index contributed by atoms with van der Waals surface area (Å²) in [6.07, 6.45) is -1.28. The molecule has 0 unspecified atom stereocenters. The number of amides is 2. The van der Waals surface area contributed by atoms with E-state index < -0.39 is 35.9 Å². The Kier molecular flexibility index (Phi) is 6.99. The summed E-state index contributed by atoms with van der Waals surface area (Å²) in [7, 11) is 0. The van der Waals surface area contributed by atoms with Crippen LogP contribution >= 0.6 is 0 Å². The first-order chi connectivity index (χ1) is 19.4. The van der Waals surface area contributed by atoms with Gasteiger partial charge in [-0.1, -0.05) is 0 Å². The van der Waals surface area contributed by atoms with E-state index in [2.05, 4.69) is 10.6 Å². The number of aliphatic hydroxyl groups is 1. The van der Waals surface area contributed by atoms with Crippen LogP contribution in [0.25, 0.3) is 0 Å². The molecule has 3 heterocycles. The molecule has 3 N–H and O–H groups in total. The van der Waals surface area contributed by atoms with Crippen molar-refractivity contribution in [3.63, 3.8) is 0 Å². The van der Waals surface area contributed by atoms with E-state index in [0.717, 1.165) is 23.8 Å². The van der Waals surface area contributed by atoms with Crippen LogP contribution < -0.4 is 24.8 Å². The maximum absolute atomic E-state index is 13.9. The lowest BCUT2D eigenvalue weighted by molar-refractivity contribution is -0.142. The molecule has 40 heavy (non-hydrogen) atoms. The van der Waals surface area contributed by atoms with E-state index in [9.17, 15) is 23.5 Å². The molecule has 0 radical (unpaired) electrons. The van der Waals surface area contributed by atoms with Crippen molar-refractivity contribution in [1.29, 1.82) is 0 Å². The molecule has 11 heteroatoms. The molecule has 9 nitrogen and oxygen atoms in total. The largest absolute Gasteiger partial charge is 0.487 e. The Labute approximate surface area is 228 Å². The minimum atomic E-state index is -0.670. The molecule has 3 aromatic carbocycles. The van der Waals surface area contributed by atoms with Crippen LogP contribution in [0, 0.1) is 11.6 Å². The SMILES string of the molecule is O=C(C[C@@H]1C[C@@H]2c3cc(NC(=O)c4ccc5c(c4)OCO5)ccc3O[C@@H]2[C@@H](CO)O1)NCc1cc(F)ccc1F. The fourth-order valence-electron chi connectivity index (χ4n) is 5.36. The molecule has 2 amide bonds. The van der Waals surface area contributed by atoms with E-state index >= 15 is 0 Å². The minimum absolute atomic E-state index is 0.0352. The standard InChI is InChI=1S/C29H26F2N2O7/c30-17-2-4-22(31)16(7-17)12-32-27(35)11-19-10-21-20-9-18(3-6-23(20)40-28(21)26(13-34)39-19)33-29(36)15-1-5-24-25(8-15)38-14-37-24/h1-9,19,21,26,28,34H,10-14H2,(H,32,35)(H,33,36)/t19-,21+,26+,28-/m0/s1. The highest BCUT2D eigenvalue weighted by atomic mass is 19.1. The third kappa shape index (κ3) is 5.17. The van der Waals surface area contributed by atoms with Gasteiger partial charge in [-0.3, -0.25) is 9.59 Å². The highest BCUT2D eigenvalue weighted by Crippen LogP contribution is 2.47. The lowest BCUT2D eigenvalue weighted by Crippen LogP contribution is -2.47. The Balaban J connectivity index is 1.13. The van der Waals surface area contributed by atoms with Crippen molar-refractivity contribution in [2.45, 2.75) is 43.6 Å². The van der Waals surface area contributed by atoms with Gasteiger partial charge < -0.3 is 34.7 Å². The second-order valence-electron chi connectivity index (χ2n) is 9.90. The number of halogens is 2. The van der Waals surface area contributed by atoms with Crippen molar-refractivity contribution in [2.75, 3.05) is 18.7 Å². The summed E-state index contributed by atoms with van der Waals surface area (Å²) >= 11 is 0. The van der Waals surface area contributed by atoms with Crippen molar-refractivity contribution < 1.29 is 42.4 Å². The van der Waals surface area contributed by atoms with E-state index in [1.54, 1.807) is 30.3 Å². The van der Waals surface area contributed by atoms with Crippen molar-refractivity contribution in [3.8, 4) is 17.2 Å². The summed E-state index contributed by atoms with van der Waals surface area (Å²) < 4.78 is 50.0. The number of ether oxygens (including phenoxy) is 4. The van der Waals surface area contributed by atoms with Gasteiger partial charge in [0, 0.05) is 34.8 Å². The molecule has 0 aliphatic carbocycles. The number of fused-ring (bicyclic) bond motifs is 4. The number of anilines is 1. The first kappa shape index (κ1) is 26.0. The Morgan fingerprint density at radius 1 is 0.975 bits per heavy atom. The highest BCUT2D eigenvalue weighted by Gasteiger charge is 2.46. The number of benzene rings is 3. The monoisotopic (exact) mass is 552 g/mol. The van der Waals surface area contributed by atoms with Gasteiger partial charge >= 0.3 is 0 Å². The van der Waals surface area contributed by atoms with Crippen molar-refractivity contribution in [3.05, 3.63) is 82.9 Å². The molecule has 1 fully saturated rings. The molecule has 0 saturated carbocycles. The molecule has 1 saturated heterocycles. The molecule has 0 aromatic heterocycles. The van der Waals surface area contributed by atoms with Gasteiger partial charge in [0.1, 0.15) is 29.6 Å². The second kappa shape index (κ2) is 10.7. The minimum Gasteiger partial charge on any atom is -0.487 e. The molecule has 0 bridgehead atoms. The predicted molar refractivity (Wildman–Crippen MR) is 137 cm³/mol. The van der Waals surface area contributed by atoms with Crippen molar-refractivity contribution in [1.82, 2.24) is 5.32 Å². The van der Waals surface area contributed by atoms with E-state index in [1.807, 2.05) is 6.07 Å². The van der Waals surface area contributed by atoms with Gasteiger partial charge in [-0.25, -0.2) is 8.78 Å². The van der Waals surface area contributed by atoms with E-state index in [1.165, 1.54) is 0 Å². The normalized spacial score (nSPS) is 22.2. The Bertz CT molecular complexity index is 1470. The van der Waals surface area contributed by atoms with Gasteiger partial charge in [0.25, 0.3) is 5.91 Å². The predicted octanol–water partition coefficient (Wildman–Crippen LogP) is 3.65. The molecule has 0 spiro atoms. The topological polar surface area (TPSA) is 115 Å². The van der Waals surface area contributed by atoms with Crippen LogP contribution in [-0.4, -0.2) is 48.6 Å². The lowest BCUT2D eigenvalue weighted by atomic mass is 9.84. The summed E-state index contributed by atoms with van der Waals surface area (Å²) in [6, 6.07) is 13.3. The van der Waals surface area contributed by atoms with Gasteiger partial charge in [-0.15, -0.1) is 0 Å². The number of hydrogen-bond acceptors (Lipinski definition) is 7. The smallest absolute Gasteiger partial charge is 0.255 e. The number of carbonyl (C=O) groups is 2. The Morgan fingerprint density at radius 2 is 1.80 bits per heavy atom. The van der Waals surface area contributed by atoms with Gasteiger partial charge in [0.15, 0.2) is 11.5 Å². The molecule has 6 rings (SSSR count). The maximum atomic E-state index is 13.9. The first-order valence-electron chi connectivity index (χ1n) is 12.9. The van der Waals surface area contributed by atoms with Crippen LogP contribution in [0.3, 0.4) is 0 Å². The first-order valence-corrected chi connectivity index (χ1v) is 12.9. The van der Waals surface area contributed by atoms with Crippen molar-refractivity contribution in [2.24, 2.45) is 0 Å². The molecule has 208 valence electrons. The Morgan fingerprint density at radius 3 is 2.65 bits per heavy atom. The van der Waals surface area contributed by atoms with E-state index in [0.29, 0.717) is 34.9 Å². The third-order valence-electron chi connectivity index (χ3n) is 7.29. The third-order valence-corrected chi connectivity index (χ3v) is 7.29. The molecule has 3 aromatic rings. The lowest BCUT2D eigenvalue weighted by Gasteiger charge is -2.37. The molecule has 3 aliphatic heterocycles. The molecule has 4 atom stereocenters. The van der Waals surface area contributed by atoms with Crippen LogP contribution in [0.1, 0.15) is 40.2 Å². The zero-order chi connectivity index (χ0) is 27.8. The summed E-state index contributed by atoms with van der Waals surface area (Å²) in [5.41, 5.74) is 1.85. The second-order valence-corrected chi connectivity index (χ2v) is 9.90. The fourth-order valence-corrected chi connectivity index (χ4v) is 5.36. The number of rotatable bonds is 7. The summed E-state index contributed by atoms with van der Waals surface area (Å²) in [4.78, 5) is 25.5. The summed E-state index contributed by atoms with van der Waals surface area (Å²) in [5.74, 6) is -0.410. The molecular weight excluding hydrogens is 526 g/mol. The van der Waals surface area contributed by atoms with Crippen LogP contribution in [0.5, 0.6) is 17.2 Å². The van der Waals surface area contributed by atoms with Gasteiger partial charge in [0.05, 0.1) is 19.1 Å². The quantitative estimate of drug-likeness (QED) is 0.410. The number of aliphatic hydroxyl groups excluding tert-OH is 1. The summed E-state index contributed by atoms with van der Waals surface area (Å²) in [5, 5.41) is 15.5. The maximum Gasteiger partial charge on any atom is 0.255 e. The van der Waals surface area contributed by atoms with Crippen LogP contribution in [0.15, 0.2) is 54.6 Å². The van der Waals surface area contributed by atoms with Crippen LogP contribution in [0.4, 0.5) is 14.5 Å². The van der Waals surface area contributed by atoms with E-state index in [4.69, 9.17) is 18.9 Å². The number of carbonyl (C=O) groups excluding carboxylic acids is 2. The van der Waals surface area contributed by atoms with E-state index in [-0.39, 0.29) is 43.8 Å². The highest BCUT2D eigenvalue weighted by molar-refractivity contribution is 6.04. The molecular formula is C29H26F2N2O7. The average molecular weight is 553 g/mol. The van der Waals surface area contributed by atoms with Crippen molar-refractivity contribution >= 4 is 17.5 Å². The summed E-state index contributed by atoms with van der Waals surface area (Å²) in [6.45, 7) is -0.362. The fraction of sp³-hybridized carbons (Fsp3) is 0.310. The van der Waals surface area contributed by atoms with Crippen LogP contribution in [0.2, 0.25) is 0 Å². The zero-order valence-corrected chi connectivity index (χ0v) is 21.2. The molecule has 3 aliphatic rings. The number of nitrogens with one attached hydrogen (secondary N) is 2. The van der Waals surface area contributed by atoms with Gasteiger partial charge in [0.2, 0.25) is 12.7 Å². The van der Waals surface area contributed by atoms with Gasteiger partial charge in [-0.05, 0) is 61.0 Å². The average Bonchev–Trinajstić information content (AvgIpc) is 3.57. The van der Waals surface area contributed by atoms with Gasteiger partial charge in [-0.2, -0.15) is 0 Å². The zero-order valence-electron chi connectivity index (χ0n) is 21.2. The number of hydrogen-bond donors (Lipinski definition) is 3.